The number of hydrogen-bond acceptors (Lipinski definition) is 5. The minimum atomic E-state index is 0. The van der Waals surface area contributed by atoms with Gasteiger partial charge in [-0.15, -0.1) is 35.3 Å². The van der Waals surface area contributed by atoms with Gasteiger partial charge in [0.15, 0.2) is 5.96 Å². The number of guanidine groups is 1. The number of benzene rings is 1. The van der Waals surface area contributed by atoms with Crippen LogP contribution in [0.15, 0.2) is 35.5 Å². The molecule has 0 amide bonds. The molecule has 0 bridgehead atoms. The van der Waals surface area contributed by atoms with Crippen LogP contribution in [0.2, 0.25) is 5.02 Å². The maximum Gasteiger partial charge on any atom is 0.191 e. The number of nitrogens with one attached hydrogen (secondary N) is 2. The van der Waals surface area contributed by atoms with E-state index >= 15 is 0 Å². The number of aliphatic imine (C=N–C) groups is 1. The van der Waals surface area contributed by atoms with Crippen LogP contribution in [-0.4, -0.2) is 24.0 Å². The van der Waals surface area contributed by atoms with Gasteiger partial charge < -0.3 is 10.6 Å². The van der Waals surface area contributed by atoms with Crippen LogP contribution in [0.4, 0.5) is 0 Å². The van der Waals surface area contributed by atoms with E-state index in [1.807, 2.05) is 30.5 Å². The third kappa shape index (κ3) is 4.55. The van der Waals surface area contributed by atoms with Crippen molar-refractivity contribution >= 4 is 52.9 Å². The van der Waals surface area contributed by atoms with Crippen molar-refractivity contribution in [3.05, 3.63) is 40.4 Å². The zero-order chi connectivity index (χ0) is 13.8. The summed E-state index contributed by atoms with van der Waals surface area (Å²) in [6.45, 7) is 2.63. The lowest BCUT2D eigenvalue weighted by molar-refractivity contribution is 0.703. The van der Waals surface area contributed by atoms with Crippen molar-refractivity contribution in [2.45, 2.75) is 13.0 Å². The van der Waals surface area contributed by atoms with Gasteiger partial charge in [0.05, 0.1) is 6.54 Å². The highest BCUT2D eigenvalue weighted by Gasteiger charge is 2.07. The van der Waals surface area contributed by atoms with Crippen LogP contribution in [-0.2, 0) is 6.54 Å². The Hall–Kier alpha value is -0.860. The van der Waals surface area contributed by atoms with Crippen molar-refractivity contribution in [3.8, 4) is 10.6 Å². The Morgan fingerprint density at radius 1 is 1.29 bits per heavy atom. The van der Waals surface area contributed by atoms with Crippen LogP contribution in [0.3, 0.4) is 0 Å². The van der Waals surface area contributed by atoms with E-state index in [0.717, 1.165) is 47.6 Å². The molecule has 1 aromatic heterocycles. The fourth-order valence-electron chi connectivity index (χ4n) is 1.94. The van der Waals surface area contributed by atoms with Gasteiger partial charge in [-0.1, -0.05) is 23.7 Å². The minimum Gasteiger partial charge on any atom is -0.356 e. The van der Waals surface area contributed by atoms with Crippen molar-refractivity contribution < 1.29 is 0 Å². The summed E-state index contributed by atoms with van der Waals surface area (Å²) in [4.78, 5) is 10.0. The Kier molecular flexibility index (Phi) is 6.25. The molecule has 0 radical (unpaired) electrons. The van der Waals surface area contributed by atoms with Gasteiger partial charge in [0, 0.05) is 34.7 Å². The average molecular weight is 435 g/mol. The topological polar surface area (TPSA) is 49.3 Å². The van der Waals surface area contributed by atoms with Gasteiger partial charge in [0.1, 0.15) is 5.01 Å². The summed E-state index contributed by atoms with van der Waals surface area (Å²) in [6.07, 6.45) is 3.01. The van der Waals surface area contributed by atoms with Crippen molar-refractivity contribution in [3.63, 3.8) is 0 Å². The zero-order valence-electron chi connectivity index (χ0n) is 11.3. The molecule has 0 spiro atoms. The summed E-state index contributed by atoms with van der Waals surface area (Å²) in [7, 11) is 0. The average Bonchev–Trinajstić information content (AvgIpc) is 2.96. The molecule has 0 aliphatic carbocycles. The first-order chi connectivity index (χ1) is 9.81. The van der Waals surface area contributed by atoms with E-state index in [4.69, 9.17) is 11.6 Å². The number of halogens is 2. The van der Waals surface area contributed by atoms with Crippen molar-refractivity contribution in [1.29, 1.82) is 0 Å². The molecule has 0 fully saturated rings. The highest BCUT2D eigenvalue weighted by molar-refractivity contribution is 14.0. The quantitative estimate of drug-likeness (QED) is 0.727. The second-order valence-electron chi connectivity index (χ2n) is 4.50. The van der Waals surface area contributed by atoms with E-state index in [2.05, 4.69) is 20.6 Å². The first kappa shape index (κ1) is 16.5. The molecule has 1 aromatic carbocycles. The number of aromatic nitrogens is 1. The van der Waals surface area contributed by atoms with Gasteiger partial charge in [-0.2, -0.15) is 0 Å². The summed E-state index contributed by atoms with van der Waals surface area (Å²) in [5, 5.41) is 8.30. The van der Waals surface area contributed by atoms with E-state index in [1.54, 1.807) is 11.3 Å². The van der Waals surface area contributed by atoms with Gasteiger partial charge >= 0.3 is 0 Å². The molecule has 0 unspecified atom stereocenters. The maximum absolute atomic E-state index is 5.89. The van der Waals surface area contributed by atoms with E-state index in [9.17, 15) is 0 Å². The molecule has 21 heavy (non-hydrogen) atoms. The molecular formula is C14H16ClIN4S. The van der Waals surface area contributed by atoms with E-state index in [0.29, 0.717) is 0 Å². The second kappa shape index (κ2) is 7.95. The summed E-state index contributed by atoms with van der Waals surface area (Å²) < 4.78 is 0. The van der Waals surface area contributed by atoms with E-state index < -0.39 is 0 Å². The number of thiazole rings is 1. The van der Waals surface area contributed by atoms with Gasteiger partial charge in [-0.05, 0) is 18.6 Å². The van der Waals surface area contributed by atoms with Crippen LogP contribution in [0.5, 0.6) is 0 Å². The van der Waals surface area contributed by atoms with Crippen LogP contribution in [0, 0.1) is 0 Å². The molecule has 0 atom stereocenters. The van der Waals surface area contributed by atoms with E-state index in [1.165, 1.54) is 4.88 Å². The first-order valence-electron chi connectivity index (χ1n) is 6.54. The zero-order valence-corrected chi connectivity index (χ0v) is 15.2. The SMILES string of the molecule is Clc1ccc(-c2ncc(CNC3=NCCCN3)s2)cc1.I. The standard InChI is InChI=1S/C14H15ClN4S.HI/c15-11-4-2-10(3-5-11)13-18-8-12(20-13)9-19-14-16-6-1-7-17-14;/h2-5,8H,1,6-7,9H2,(H2,16,17,19);1H. The second-order valence-corrected chi connectivity index (χ2v) is 6.05. The summed E-state index contributed by atoms with van der Waals surface area (Å²) in [6, 6.07) is 7.75. The summed E-state index contributed by atoms with van der Waals surface area (Å²) in [5.41, 5.74) is 1.10. The minimum absolute atomic E-state index is 0. The fourth-order valence-corrected chi connectivity index (χ4v) is 2.92. The predicted molar refractivity (Wildman–Crippen MR) is 99.7 cm³/mol. The van der Waals surface area contributed by atoms with Crippen LogP contribution in [0.25, 0.3) is 10.6 Å². The molecule has 1 aliphatic rings. The highest BCUT2D eigenvalue weighted by Crippen LogP contribution is 2.26. The molecule has 2 heterocycles. The Labute approximate surface area is 150 Å². The first-order valence-corrected chi connectivity index (χ1v) is 7.73. The molecule has 2 aromatic rings. The molecule has 0 saturated heterocycles. The van der Waals surface area contributed by atoms with Gasteiger partial charge in [-0.3, -0.25) is 4.99 Å². The lowest BCUT2D eigenvalue weighted by Crippen LogP contribution is -2.40. The molecule has 4 nitrogen and oxygen atoms in total. The lowest BCUT2D eigenvalue weighted by atomic mass is 10.2. The van der Waals surface area contributed by atoms with Crippen molar-refractivity contribution in [2.24, 2.45) is 4.99 Å². The largest absolute Gasteiger partial charge is 0.356 e. The van der Waals surface area contributed by atoms with Gasteiger partial charge in [-0.25, -0.2) is 4.98 Å². The molecule has 112 valence electrons. The molecule has 2 N–H and O–H groups in total. The van der Waals surface area contributed by atoms with E-state index in [-0.39, 0.29) is 24.0 Å². The summed E-state index contributed by atoms with van der Waals surface area (Å²) in [5.74, 6) is 0.887. The third-order valence-corrected chi connectivity index (χ3v) is 4.27. The Balaban J connectivity index is 0.00000161. The Morgan fingerprint density at radius 2 is 2.10 bits per heavy atom. The number of rotatable bonds is 3. The Bertz CT molecular complexity index is 612. The normalized spacial score (nSPS) is 13.9. The summed E-state index contributed by atoms with van der Waals surface area (Å²) >= 11 is 7.57. The molecular weight excluding hydrogens is 419 g/mol. The third-order valence-electron chi connectivity index (χ3n) is 2.97. The van der Waals surface area contributed by atoms with Gasteiger partial charge in [0.2, 0.25) is 0 Å². The van der Waals surface area contributed by atoms with Crippen LogP contribution < -0.4 is 10.6 Å². The van der Waals surface area contributed by atoms with Crippen LogP contribution in [0.1, 0.15) is 11.3 Å². The molecule has 7 heteroatoms. The fraction of sp³-hybridized carbons (Fsp3) is 0.286. The maximum atomic E-state index is 5.89. The predicted octanol–water partition coefficient (Wildman–Crippen LogP) is 3.52. The monoisotopic (exact) mass is 434 g/mol. The Morgan fingerprint density at radius 3 is 2.81 bits per heavy atom. The number of hydrogen-bond donors (Lipinski definition) is 2. The molecule has 3 rings (SSSR count). The van der Waals surface area contributed by atoms with Crippen molar-refractivity contribution in [2.75, 3.05) is 13.1 Å². The smallest absolute Gasteiger partial charge is 0.191 e. The molecule has 0 saturated carbocycles. The lowest BCUT2D eigenvalue weighted by Gasteiger charge is -2.15. The number of nitrogens with zero attached hydrogens (tertiary/aromatic N) is 2. The molecule has 1 aliphatic heterocycles. The van der Waals surface area contributed by atoms with Gasteiger partial charge in [0.25, 0.3) is 0 Å². The van der Waals surface area contributed by atoms with Crippen LogP contribution >= 0.6 is 46.9 Å². The van der Waals surface area contributed by atoms with Crippen molar-refractivity contribution in [1.82, 2.24) is 15.6 Å². The highest BCUT2D eigenvalue weighted by atomic mass is 127.